The predicted octanol–water partition coefficient (Wildman–Crippen LogP) is -0.0888. The summed E-state index contributed by atoms with van der Waals surface area (Å²) >= 11 is 0. The summed E-state index contributed by atoms with van der Waals surface area (Å²) < 4.78 is 4.65. The minimum absolute atomic E-state index is 0.250. The second-order valence-corrected chi connectivity index (χ2v) is 2.35. The van der Waals surface area contributed by atoms with Gasteiger partial charge in [-0.25, -0.2) is 4.79 Å². The van der Waals surface area contributed by atoms with Gasteiger partial charge in [-0.05, 0) is 25.3 Å². The van der Waals surface area contributed by atoms with Crippen LogP contribution in [0, 0.1) is 0 Å². The van der Waals surface area contributed by atoms with Crippen molar-refractivity contribution in [3.8, 4) is 0 Å². The van der Waals surface area contributed by atoms with Crippen LogP contribution in [0.2, 0.25) is 0 Å². The number of ether oxygens (including phenoxy) is 1. The normalized spacial score (nSPS) is 26.5. The Morgan fingerprint density at radius 3 is 2.92 bits per heavy atom. The first-order chi connectivity index (χ1) is 5.69. The van der Waals surface area contributed by atoms with E-state index in [2.05, 4.69) is 10.1 Å². The number of allylic oxidation sites excluding steroid dienone is 2. The number of hydrogen-bond donors (Lipinski definition) is 2. The second kappa shape index (κ2) is 3.40. The molecule has 0 fully saturated rings. The maximum atomic E-state index is 11.1. The number of hydrogen-bond acceptors (Lipinski definition) is 4. The van der Waals surface area contributed by atoms with Crippen molar-refractivity contribution in [2.45, 2.75) is 12.6 Å². The van der Waals surface area contributed by atoms with Crippen LogP contribution in [0.5, 0.6) is 0 Å². The van der Waals surface area contributed by atoms with Gasteiger partial charge in [0.2, 0.25) is 0 Å². The van der Waals surface area contributed by atoms with Crippen LogP contribution in [0.1, 0.15) is 6.92 Å². The van der Waals surface area contributed by atoms with Crippen LogP contribution in [-0.4, -0.2) is 23.4 Å². The highest BCUT2D eigenvalue weighted by atomic mass is 16.6. The van der Waals surface area contributed by atoms with Gasteiger partial charge < -0.3 is 15.2 Å². The van der Waals surface area contributed by atoms with E-state index in [1.807, 2.05) is 0 Å². The van der Waals surface area contributed by atoms with E-state index < -0.39 is 11.7 Å². The summed E-state index contributed by atoms with van der Waals surface area (Å²) in [5.74, 6) is -0.689. The molecule has 1 heterocycles. The average Bonchev–Trinajstić information content (AvgIpc) is 2.06. The molecule has 4 nitrogen and oxygen atoms in total. The van der Waals surface area contributed by atoms with Gasteiger partial charge in [0.05, 0.1) is 6.61 Å². The molecule has 0 saturated heterocycles. The van der Waals surface area contributed by atoms with Gasteiger partial charge in [-0.3, -0.25) is 0 Å². The highest BCUT2D eigenvalue weighted by Crippen LogP contribution is 2.08. The smallest absolute Gasteiger partial charge is 0.363 e. The molecule has 0 spiro atoms. The minimum Gasteiger partial charge on any atom is -0.462 e. The maximum absolute atomic E-state index is 11.1. The number of nitrogens with one attached hydrogen (secondary N) is 1. The zero-order chi connectivity index (χ0) is 9.03. The van der Waals surface area contributed by atoms with Crippen LogP contribution < -0.4 is 5.32 Å². The highest BCUT2D eigenvalue weighted by Gasteiger charge is 2.34. The van der Waals surface area contributed by atoms with E-state index in [0.29, 0.717) is 0 Å². The molecule has 0 aromatic rings. The van der Waals surface area contributed by atoms with E-state index >= 15 is 0 Å². The van der Waals surface area contributed by atoms with Crippen LogP contribution in [0.3, 0.4) is 0 Å². The fraction of sp³-hybridized carbons (Fsp3) is 0.375. The van der Waals surface area contributed by atoms with Crippen molar-refractivity contribution >= 4 is 5.97 Å². The van der Waals surface area contributed by atoms with E-state index in [-0.39, 0.29) is 6.61 Å². The molecule has 0 radical (unpaired) electrons. The number of carbonyl (C=O) groups excluding carboxylic acids is 1. The van der Waals surface area contributed by atoms with Crippen molar-refractivity contribution in [3.63, 3.8) is 0 Å². The van der Waals surface area contributed by atoms with E-state index in [0.717, 1.165) is 0 Å². The summed E-state index contributed by atoms with van der Waals surface area (Å²) in [4.78, 5) is 11.1. The third-order valence-corrected chi connectivity index (χ3v) is 1.43. The summed E-state index contributed by atoms with van der Waals surface area (Å²) in [7, 11) is 0. The Morgan fingerprint density at radius 1 is 1.67 bits per heavy atom. The first-order valence-corrected chi connectivity index (χ1v) is 3.70. The summed E-state index contributed by atoms with van der Waals surface area (Å²) in [6.07, 6.45) is 6.07. The predicted molar refractivity (Wildman–Crippen MR) is 43.0 cm³/mol. The molecule has 66 valence electrons. The molecule has 1 aliphatic heterocycles. The van der Waals surface area contributed by atoms with Crippen molar-refractivity contribution < 1.29 is 14.6 Å². The molecule has 0 amide bonds. The number of dihydropyridines is 1. The summed E-state index contributed by atoms with van der Waals surface area (Å²) in [6, 6.07) is 0. The van der Waals surface area contributed by atoms with Gasteiger partial charge in [0, 0.05) is 0 Å². The topological polar surface area (TPSA) is 58.6 Å². The molecule has 0 aromatic carbocycles. The summed E-state index contributed by atoms with van der Waals surface area (Å²) in [5, 5.41) is 12.0. The van der Waals surface area contributed by atoms with Crippen LogP contribution >= 0.6 is 0 Å². The Hall–Kier alpha value is -1.29. The van der Waals surface area contributed by atoms with E-state index in [1.165, 1.54) is 12.3 Å². The van der Waals surface area contributed by atoms with Gasteiger partial charge in [0.15, 0.2) is 0 Å². The van der Waals surface area contributed by atoms with Crippen LogP contribution in [0.15, 0.2) is 24.4 Å². The van der Waals surface area contributed by atoms with Crippen molar-refractivity contribution in [1.29, 1.82) is 0 Å². The molecule has 0 saturated carbocycles. The Labute approximate surface area is 70.5 Å². The van der Waals surface area contributed by atoms with Gasteiger partial charge in [-0.1, -0.05) is 6.08 Å². The van der Waals surface area contributed by atoms with Crippen molar-refractivity contribution in [3.05, 3.63) is 24.4 Å². The van der Waals surface area contributed by atoms with Gasteiger partial charge >= 0.3 is 5.97 Å². The van der Waals surface area contributed by atoms with Crippen molar-refractivity contribution in [2.24, 2.45) is 0 Å². The van der Waals surface area contributed by atoms with Crippen LogP contribution in [0.4, 0.5) is 0 Å². The van der Waals surface area contributed by atoms with Gasteiger partial charge in [-0.15, -0.1) is 0 Å². The third kappa shape index (κ3) is 1.65. The average molecular weight is 169 g/mol. The molecule has 1 atom stereocenters. The standard InChI is InChI=1S/C8H11NO3/c1-2-12-7(10)8(11)5-3-4-6-9-8/h3-6,9,11H,2H2,1H3. The molecular weight excluding hydrogens is 158 g/mol. The zero-order valence-corrected chi connectivity index (χ0v) is 6.78. The highest BCUT2D eigenvalue weighted by molar-refractivity contribution is 5.81. The molecule has 1 unspecified atom stereocenters. The Bertz CT molecular complexity index is 234. The third-order valence-electron chi connectivity index (χ3n) is 1.43. The van der Waals surface area contributed by atoms with Crippen molar-refractivity contribution in [2.75, 3.05) is 6.61 Å². The van der Waals surface area contributed by atoms with Crippen LogP contribution in [-0.2, 0) is 9.53 Å². The summed E-state index contributed by atoms with van der Waals surface area (Å²) in [5.41, 5.74) is -1.69. The first kappa shape index (κ1) is 8.80. The monoisotopic (exact) mass is 169 g/mol. The number of aliphatic hydroxyl groups is 1. The molecule has 0 aliphatic carbocycles. The molecule has 2 N–H and O–H groups in total. The largest absolute Gasteiger partial charge is 0.462 e. The lowest BCUT2D eigenvalue weighted by Gasteiger charge is -2.23. The Morgan fingerprint density at radius 2 is 2.42 bits per heavy atom. The lowest BCUT2D eigenvalue weighted by Crippen LogP contribution is -2.49. The van der Waals surface area contributed by atoms with E-state index in [9.17, 15) is 9.90 Å². The number of esters is 1. The molecule has 12 heavy (non-hydrogen) atoms. The maximum Gasteiger partial charge on any atom is 0.363 e. The SMILES string of the molecule is CCOC(=O)C1(O)C=CC=CN1. The Kier molecular flexibility index (Phi) is 2.50. The zero-order valence-electron chi connectivity index (χ0n) is 6.78. The number of carbonyl (C=O) groups is 1. The minimum atomic E-state index is -1.69. The number of rotatable bonds is 2. The van der Waals surface area contributed by atoms with E-state index in [1.54, 1.807) is 19.1 Å². The first-order valence-electron chi connectivity index (χ1n) is 3.70. The molecule has 0 aromatic heterocycles. The molecule has 4 heteroatoms. The Balaban J connectivity index is 2.65. The quantitative estimate of drug-likeness (QED) is 0.567. The van der Waals surface area contributed by atoms with Crippen molar-refractivity contribution in [1.82, 2.24) is 5.32 Å². The lowest BCUT2D eigenvalue weighted by atomic mass is 10.1. The van der Waals surface area contributed by atoms with E-state index in [4.69, 9.17) is 0 Å². The molecule has 0 bridgehead atoms. The summed E-state index contributed by atoms with van der Waals surface area (Å²) in [6.45, 7) is 1.93. The fourth-order valence-corrected chi connectivity index (χ4v) is 0.842. The van der Waals surface area contributed by atoms with Gasteiger partial charge in [0.1, 0.15) is 0 Å². The molecular formula is C8H11NO3. The van der Waals surface area contributed by atoms with Crippen LogP contribution in [0.25, 0.3) is 0 Å². The molecule has 1 rings (SSSR count). The van der Waals surface area contributed by atoms with Gasteiger partial charge in [-0.2, -0.15) is 0 Å². The fourth-order valence-electron chi connectivity index (χ4n) is 0.842. The molecule has 1 aliphatic rings. The second-order valence-electron chi connectivity index (χ2n) is 2.35. The lowest BCUT2D eigenvalue weighted by molar-refractivity contribution is -0.161. The van der Waals surface area contributed by atoms with Gasteiger partial charge in [0.25, 0.3) is 5.72 Å².